The highest BCUT2D eigenvalue weighted by Gasteiger charge is 2.00. The molecule has 0 amide bonds. The number of unbranched alkanes of at least 4 members (excludes halogenated alkanes) is 13. The van der Waals surface area contributed by atoms with Gasteiger partial charge in [-0.25, -0.2) is 4.57 Å². The molecule has 156 valence electrons. The average molecular weight is 378 g/mol. The highest BCUT2D eigenvalue weighted by molar-refractivity contribution is 5.60. The molecule has 1 aromatic rings. The number of hydrogen-bond donors (Lipinski definition) is 0. The van der Waals surface area contributed by atoms with Gasteiger partial charge >= 0.3 is 0 Å². The van der Waals surface area contributed by atoms with Crippen molar-refractivity contribution in [3.05, 3.63) is 30.1 Å². The minimum Gasteiger partial charge on any atom is -0.550 e. The van der Waals surface area contributed by atoms with Gasteiger partial charge < -0.3 is 9.90 Å². The van der Waals surface area contributed by atoms with E-state index in [0.29, 0.717) is 0 Å². The molecule has 1 aromatic heterocycles. The zero-order valence-electron chi connectivity index (χ0n) is 18.2. The number of aromatic nitrogens is 1. The maximum atomic E-state index is 8.89. The number of rotatable bonds is 15. The molecule has 0 aliphatic rings. The van der Waals surface area contributed by atoms with Crippen LogP contribution in [-0.4, -0.2) is 5.97 Å². The summed E-state index contributed by atoms with van der Waals surface area (Å²) in [7, 11) is 0. The first-order valence-electron chi connectivity index (χ1n) is 11.2. The normalized spacial score (nSPS) is 10.3. The smallest absolute Gasteiger partial charge is 0.171 e. The van der Waals surface area contributed by atoms with Gasteiger partial charge in [0.05, 0.1) is 0 Å². The third kappa shape index (κ3) is 20.8. The van der Waals surface area contributed by atoms with Crippen molar-refractivity contribution in [2.45, 2.75) is 117 Å². The summed E-state index contributed by atoms with van der Waals surface area (Å²) in [6.45, 7) is 6.61. The lowest BCUT2D eigenvalue weighted by molar-refractivity contribution is -0.697. The van der Waals surface area contributed by atoms with Gasteiger partial charge in [0.1, 0.15) is 6.54 Å². The van der Waals surface area contributed by atoms with Gasteiger partial charge in [0.15, 0.2) is 12.4 Å². The van der Waals surface area contributed by atoms with Crippen LogP contribution in [0.1, 0.15) is 109 Å². The zero-order chi connectivity index (χ0) is 20.2. The van der Waals surface area contributed by atoms with Gasteiger partial charge in [-0.3, -0.25) is 0 Å². The van der Waals surface area contributed by atoms with Crippen molar-refractivity contribution < 1.29 is 14.5 Å². The molecule has 3 heteroatoms. The number of pyridine rings is 1. The molecule has 0 saturated carbocycles. The lowest BCUT2D eigenvalue weighted by Gasteiger charge is -2.03. The van der Waals surface area contributed by atoms with Gasteiger partial charge in [0.2, 0.25) is 0 Å². The Balaban J connectivity index is 0.00000153. The van der Waals surface area contributed by atoms with Crippen molar-refractivity contribution in [1.82, 2.24) is 0 Å². The number of carbonyl (C=O) groups is 1. The van der Waals surface area contributed by atoms with E-state index in [1.807, 2.05) is 0 Å². The maximum Gasteiger partial charge on any atom is 0.171 e. The van der Waals surface area contributed by atoms with E-state index >= 15 is 0 Å². The molecular formula is C24H43NO2. The average Bonchev–Trinajstić information content (AvgIpc) is 2.61. The summed E-state index contributed by atoms with van der Waals surface area (Å²) >= 11 is 0. The molecule has 0 fully saturated rings. The van der Waals surface area contributed by atoms with E-state index in [0.717, 1.165) is 6.92 Å². The summed E-state index contributed by atoms with van der Waals surface area (Å²) in [6, 6.07) is 4.32. The molecular weight excluding hydrogens is 334 g/mol. The molecule has 0 spiro atoms. The number of carboxylic acid groups (broad SMARTS) is 1. The molecule has 0 saturated heterocycles. The molecule has 1 heterocycles. The topological polar surface area (TPSA) is 44.0 Å². The quantitative estimate of drug-likeness (QED) is 0.298. The summed E-state index contributed by atoms with van der Waals surface area (Å²) in [5.74, 6) is -1.08. The summed E-state index contributed by atoms with van der Waals surface area (Å²) in [5, 5.41) is 8.89. The van der Waals surface area contributed by atoms with Crippen molar-refractivity contribution in [2.75, 3.05) is 0 Å². The number of carboxylic acids is 1. The van der Waals surface area contributed by atoms with Crippen molar-refractivity contribution in [2.24, 2.45) is 0 Å². The van der Waals surface area contributed by atoms with Gasteiger partial charge in [0.25, 0.3) is 0 Å². The molecule has 1 rings (SSSR count). The van der Waals surface area contributed by atoms with E-state index in [4.69, 9.17) is 9.90 Å². The molecule has 0 bridgehead atoms. The fraction of sp³-hybridized carbons (Fsp3) is 0.750. The van der Waals surface area contributed by atoms with Gasteiger partial charge in [-0.2, -0.15) is 0 Å². The molecule has 3 nitrogen and oxygen atoms in total. The van der Waals surface area contributed by atoms with E-state index < -0.39 is 5.97 Å². The van der Waals surface area contributed by atoms with Gasteiger partial charge in [-0.05, 0) is 26.3 Å². The second kappa shape index (κ2) is 19.4. The summed E-state index contributed by atoms with van der Waals surface area (Å²) in [4.78, 5) is 8.89. The third-order valence-corrected chi connectivity index (χ3v) is 4.78. The fourth-order valence-corrected chi connectivity index (χ4v) is 3.28. The van der Waals surface area contributed by atoms with Crippen LogP contribution in [0.4, 0.5) is 0 Å². The van der Waals surface area contributed by atoms with Crippen LogP contribution in [0.25, 0.3) is 0 Å². The second-order valence-corrected chi connectivity index (χ2v) is 7.71. The van der Waals surface area contributed by atoms with E-state index in [1.165, 1.54) is 102 Å². The predicted octanol–water partition coefficient (Wildman–Crippen LogP) is 5.52. The first-order valence-corrected chi connectivity index (χ1v) is 11.2. The van der Waals surface area contributed by atoms with Crippen molar-refractivity contribution in [1.29, 1.82) is 0 Å². The number of nitrogens with zero attached hydrogens (tertiary/aromatic N) is 1. The number of aliphatic carboxylic acids is 1. The minimum absolute atomic E-state index is 0.972. The van der Waals surface area contributed by atoms with Gasteiger partial charge in [-0.15, -0.1) is 0 Å². The molecule has 0 N–H and O–H groups in total. The Labute approximate surface area is 168 Å². The predicted molar refractivity (Wildman–Crippen MR) is 112 cm³/mol. The molecule has 0 unspecified atom stereocenters. The van der Waals surface area contributed by atoms with Crippen LogP contribution in [0.15, 0.2) is 24.5 Å². The van der Waals surface area contributed by atoms with E-state index in [9.17, 15) is 0 Å². The molecule has 0 radical (unpaired) electrons. The van der Waals surface area contributed by atoms with Crippen molar-refractivity contribution in [3.63, 3.8) is 0 Å². The first kappa shape index (κ1) is 25.6. The summed E-state index contributed by atoms with van der Waals surface area (Å²) in [5.41, 5.74) is 1.36. The van der Waals surface area contributed by atoms with Gasteiger partial charge in [0, 0.05) is 24.0 Å². The minimum atomic E-state index is -1.08. The number of carbonyl (C=O) groups excluding carboxylic acids is 1. The van der Waals surface area contributed by atoms with Crippen LogP contribution < -0.4 is 9.67 Å². The lowest BCUT2D eigenvalue weighted by Crippen LogP contribution is -2.32. The number of aryl methyl sites for hydroxylation is 2. The molecule has 0 aromatic carbocycles. The maximum absolute atomic E-state index is 8.89. The largest absolute Gasteiger partial charge is 0.550 e. The van der Waals surface area contributed by atoms with E-state index in [-0.39, 0.29) is 0 Å². The highest BCUT2D eigenvalue weighted by Crippen LogP contribution is 2.12. The second-order valence-electron chi connectivity index (χ2n) is 7.71. The SMILES string of the molecule is CC(=O)[O-].CCCCCCCCCCCCCCCC[n+]1cccc(C)c1. The van der Waals surface area contributed by atoms with Crippen LogP contribution in [0.5, 0.6) is 0 Å². The Bertz CT molecular complexity index is 455. The molecule has 0 aliphatic carbocycles. The third-order valence-electron chi connectivity index (χ3n) is 4.78. The van der Waals surface area contributed by atoms with Crippen molar-refractivity contribution in [3.8, 4) is 0 Å². The summed E-state index contributed by atoms with van der Waals surface area (Å²) < 4.78 is 2.33. The summed E-state index contributed by atoms with van der Waals surface area (Å²) in [6.07, 6.45) is 24.5. The van der Waals surface area contributed by atoms with Gasteiger partial charge in [-0.1, -0.05) is 84.0 Å². The Morgan fingerprint density at radius 2 is 1.26 bits per heavy atom. The van der Waals surface area contributed by atoms with Crippen LogP contribution in [0, 0.1) is 6.92 Å². The Morgan fingerprint density at radius 1 is 0.852 bits per heavy atom. The highest BCUT2D eigenvalue weighted by atomic mass is 16.4. The number of hydrogen-bond acceptors (Lipinski definition) is 2. The monoisotopic (exact) mass is 377 g/mol. The first-order chi connectivity index (χ1) is 13.1. The van der Waals surface area contributed by atoms with Crippen LogP contribution in [-0.2, 0) is 11.3 Å². The lowest BCUT2D eigenvalue weighted by atomic mass is 10.0. The van der Waals surface area contributed by atoms with E-state index in [1.54, 1.807) is 0 Å². The molecule has 0 atom stereocenters. The van der Waals surface area contributed by atoms with Crippen LogP contribution in [0.3, 0.4) is 0 Å². The zero-order valence-corrected chi connectivity index (χ0v) is 18.2. The Kier molecular flexibility index (Phi) is 18.4. The van der Waals surface area contributed by atoms with Crippen LogP contribution in [0.2, 0.25) is 0 Å². The van der Waals surface area contributed by atoms with Crippen molar-refractivity contribution >= 4 is 5.97 Å². The Hall–Kier alpha value is -1.38. The van der Waals surface area contributed by atoms with Crippen LogP contribution >= 0.6 is 0 Å². The van der Waals surface area contributed by atoms with E-state index in [2.05, 4.69) is 42.9 Å². The Morgan fingerprint density at radius 3 is 1.67 bits per heavy atom. The standard InChI is InChI=1S/C22H40N.C2H4O2/c1-3-4-5-6-7-8-9-10-11-12-13-14-15-16-19-23-20-17-18-22(2)21-23;1-2(3)4/h17-18,20-21H,3-16,19H2,1-2H3;1H3,(H,3,4)/q+1;/p-1. The molecule has 0 aliphatic heterocycles. The molecule has 27 heavy (non-hydrogen) atoms. The fourth-order valence-electron chi connectivity index (χ4n) is 3.28.